The summed E-state index contributed by atoms with van der Waals surface area (Å²) in [4.78, 5) is 0. The maximum Gasteiger partial charge on any atom is 0.109 e. The van der Waals surface area contributed by atoms with E-state index < -0.39 is 0 Å². The molecule has 1 aliphatic heterocycles. The van der Waals surface area contributed by atoms with Gasteiger partial charge in [0.25, 0.3) is 0 Å². The number of benzene rings is 1. The maximum atomic E-state index is 10.4. The lowest BCUT2D eigenvalue weighted by Crippen LogP contribution is -2.49. The van der Waals surface area contributed by atoms with Gasteiger partial charge in [0.15, 0.2) is 0 Å². The Hall–Kier alpha value is -0.860. The molecule has 0 aromatic heterocycles. The van der Waals surface area contributed by atoms with Gasteiger partial charge < -0.3 is 0 Å². The van der Waals surface area contributed by atoms with Crippen LogP contribution < -0.4 is 0 Å². The van der Waals surface area contributed by atoms with Crippen molar-refractivity contribution in [2.24, 2.45) is 0 Å². The molecule has 0 atom stereocenters. The summed E-state index contributed by atoms with van der Waals surface area (Å²) in [6, 6.07) is 8.92. The van der Waals surface area contributed by atoms with Crippen molar-refractivity contribution in [1.82, 2.24) is 0 Å². The molecular formula is C21H38NO+. The summed E-state index contributed by atoms with van der Waals surface area (Å²) in [5, 5.41) is 10.4. The lowest BCUT2D eigenvalue weighted by atomic mass is 10.0. The normalized spacial score (nSPS) is 16.5. The number of rotatable bonds is 8. The minimum absolute atomic E-state index is 0.351. The third-order valence-electron chi connectivity index (χ3n) is 4.81. The van der Waals surface area contributed by atoms with Gasteiger partial charge >= 0.3 is 0 Å². The molecule has 0 radical (unpaired) electrons. The van der Waals surface area contributed by atoms with E-state index in [9.17, 15) is 5.21 Å². The number of hydrogen-bond acceptors (Lipinski definition) is 1. The monoisotopic (exact) mass is 320 g/mol. The molecule has 0 saturated carbocycles. The topological polar surface area (TPSA) is 20.2 Å². The van der Waals surface area contributed by atoms with Crippen LogP contribution in [-0.2, 0) is 6.42 Å². The van der Waals surface area contributed by atoms with Crippen LogP contribution >= 0.6 is 0 Å². The van der Waals surface area contributed by atoms with Gasteiger partial charge in [-0.05, 0) is 57.4 Å². The zero-order valence-corrected chi connectivity index (χ0v) is 15.7. The summed E-state index contributed by atoms with van der Waals surface area (Å²) < 4.78 is 0.351. The van der Waals surface area contributed by atoms with Crippen molar-refractivity contribution in [3.05, 3.63) is 35.4 Å². The van der Waals surface area contributed by atoms with Gasteiger partial charge in [0.1, 0.15) is 19.6 Å². The van der Waals surface area contributed by atoms with Crippen LogP contribution in [0.15, 0.2) is 24.3 Å². The van der Waals surface area contributed by atoms with E-state index in [1.165, 1.54) is 68.9 Å². The highest BCUT2D eigenvalue weighted by Gasteiger charge is 2.27. The van der Waals surface area contributed by atoms with Gasteiger partial charge in [0.05, 0.1) is 0 Å². The van der Waals surface area contributed by atoms with Crippen molar-refractivity contribution in [2.45, 2.75) is 78.6 Å². The highest BCUT2D eigenvalue weighted by molar-refractivity contribution is 5.21. The number of quaternary nitrogens is 1. The molecule has 2 rings (SSSR count). The average Bonchev–Trinajstić information content (AvgIpc) is 2.58. The van der Waals surface area contributed by atoms with Crippen molar-refractivity contribution < 1.29 is 9.85 Å². The molecule has 0 spiro atoms. The van der Waals surface area contributed by atoms with E-state index in [1.807, 2.05) is 13.8 Å². The second-order valence-corrected chi connectivity index (χ2v) is 6.83. The molecule has 1 N–H and O–H groups in total. The zero-order chi connectivity index (χ0) is 17.0. The smallest absolute Gasteiger partial charge is 0.109 e. The van der Waals surface area contributed by atoms with Gasteiger partial charge in [-0.25, -0.2) is 5.21 Å². The van der Waals surface area contributed by atoms with Gasteiger partial charge in [-0.15, -0.1) is 0 Å². The quantitative estimate of drug-likeness (QED) is 0.467. The van der Waals surface area contributed by atoms with E-state index in [-0.39, 0.29) is 0 Å². The first-order chi connectivity index (χ1) is 11.2. The van der Waals surface area contributed by atoms with E-state index in [1.54, 1.807) is 0 Å². The van der Waals surface area contributed by atoms with E-state index in [2.05, 4.69) is 31.2 Å². The van der Waals surface area contributed by atoms with E-state index in [4.69, 9.17) is 0 Å². The molecular weight excluding hydrogens is 282 g/mol. The summed E-state index contributed by atoms with van der Waals surface area (Å²) in [6.45, 7) is 9.07. The molecule has 1 aliphatic rings. The minimum Gasteiger partial charge on any atom is -0.217 e. The number of unbranched alkanes of at least 4 members (excludes halogenated alkanes) is 4. The van der Waals surface area contributed by atoms with Crippen molar-refractivity contribution in [3.63, 3.8) is 0 Å². The molecule has 2 nitrogen and oxygen atoms in total. The van der Waals surface area contributed by atoms with E-state index in [0.29, 0.717) is 4.65 Å². The first-order valence-corrected chi connectivity index (χ1v) is 9.82. The lowest BCUT2D eigenvalue weighted by molar-refractivity contribution is -1.10. The van der Waals surface area contributed by atoms with Gasteiger partial charge in [-0.1, -0.05) is 56.5 Å². The van der Waals surface area contributed by atoms with Crippen molar-refractivity contribution >= 4 is 0 Å². The lowest BCUT2D eigenvalue weighted by Gasteiger charge is -2.33. The van der Waals surface area contributed by atoms with Crippen LogP contribution in [0.25, 0.3) is 0 Å². The summed E-state index contributed by atoms with van der Waals surface area (Å²) in [5.41, 5.74) is 2.81. The molecule has 2 heteroatoms. The Bertz CT molecular complexity index is 393. The molecule has 0 aliphatic carbocycles. The standard InChI is InChI=1S/C19H32NO.C2H6/c1-18-11-13-19(14-12-18)10-6-3-2-4-7-15-20(21)16-8-5-9-17-20;1-2/h11-14,21H,2-10,15-17H2,1H3;1-2H3/q+1;. The van der Waals surface area contributed by atoms with E-state index in [0.717, 1.165) is 19.6 Å². The van der Waals surface area contributed by atoms with Gasteiger partial charge in [0.2, 0.25) is 0 Å². The number of piperidine rings is 1. The third-order valence-corrected chi connectivity index (χ3v) is 4.81. The second kappa shape index (κ2) is 11.6. The van der Waals surface area contributed by atoms with Gasteiger partial charge in [-0.2, -0.15) is 4.65 Å². The first-order valence-electron chi connectivity index (χ1n) is 9.82. The van der Waals surface area contributed by atoms with Crippen LogP contribution in [0.1, 0.15) is 76.3 Å². The average molecular weight is 321 g/mol. The van der Waals surface area contributed by atoms with Gasteiger partial charge in [-0.3, -0.25) is 0 Å². The zero-order valence-electron chi connectivity index (χ0n) is 15.7. The largest absolute Gasteiger partial charge is 0.217 e. The molecule has 1 saturated heterocycles. The van der Waals surface area contributed by atoms with E-state index >= 15 is 0 Å². The predicted molar refractivity (Wildman–Crippen MR) is 99.8 cm³/mol. The molecule has 1 heterocycles. The SMILES string of the molecule is CC.Cc1ccc(CCCCCCC[N+]2(O)CCCCC2)cc1. The highest BCUT2D eigenvalue weighted by atomic mass is 16.5. The van der Waals surface area contributed by atoms with Crippen molar-refractivity contribution in [3.8, 4) is 0 Å². The Labute approximate surface area is 144 Å². The van der Waals surface area contributed by atoms with Crippen LogP contribution in [0.4, 0.5) is 0 Å². The van der Waals surface area contributed by atoms with Gasteiger partial charge in [0, 0.05) is 0 Å². The molecule has 0 unspecified atom stereocenters. The summed E-state index contributed by atoms with van der Waals surface area (Å²) in [6.07, 6.45) is 11.3. The fourth-order valence-corrected chi connectivity index (χ4v) is 3.34. The van der Waals surface area contributed by atoms with Crippen LogP contribution in [0.3, 0.4) is 0 Å². The van der Waals surface area contributed by atoms with Crippen LogP contribution in [0.2, 0.25) is 0 Å². The number of hydrogen-bond donors (Lipinski definition) is 1. The number of nitrogens with zero attached hydrogens (tertiary/aromatic N) is 1. The van der Waals surface area contributed by atoms with Crippen LogP contribution in [-0.4, -0.2) is 29.5 Å². The fourth-order valence-electron chi connectivity index (χ4n) is 3.34. The molecule has 1 aromatic rings. The molecule has 0 amide bonds. The van der Waals surface area contributed by atoms with Crippen LogP contribution in [0, 0.1) is 6.92 Å². The van der Waals surface area contributed by atoms with Crippen molar-refractivity contribution in [1.29, 1.82) is 0 Å². The summed E-state index contributed by atoms with van der Waals surface area (Å²) >= 11 is 0. The fraction of sp³-hybridized carbons (Fsp3) is 0.714. The molecule has 132 valence electrons. The number of hydroxylamine groups is 3. The second-order valence-electron chi connectivity index (χ2n) is 6.83. The number of aryl methyl sites for hydroxylation is 2. The Kier molecular flexibility index (Phi) is 10.2. The van der Waals surface area contributed by atoms with Crippen molar-refractivity contribution in [2.75, 3.05) is 19.6 Å². The Morgan fingerprint density at radius 3 is 2.04 bits per heavy atom. The molecule has 1 aromatic carbocycles. The Balaban J connectivity index is 0.00000127. The third kappa shape index (κ3) is 8.53. The maximum absolute atomic E-state index is 10.4. The van der Waals surface area contributed by atoms with Crippen LogP contribution in [0.5, 0.6) is 0 Å². The molecule has 1 fully saturated rings. The molecule has 0 bridgehead atoms. The molecule has 23 heavy (non-hydrogen) atoms. The predicted octanol–water partition coefficient (Wildman–Crippen LogP) is 5.90. The first kappa shape index (κ1) is 20.2. The number of likely N-dealkylation sites (tertiary alicyclic amines) is 1. The summed E-state index contributed by atoms with van der Waals surface area (Å²) in [7, 11) is 0. The Morgan fingerprint density at radius 1 is 0.826 bits per heavy atom. The summed E-state index contributed by atoms with van der Waals surface area (Å²) in [5.74, 6) is 0. The minimum atomic E-state index is 0.351. The Morgan fingerprint density at radius 2 is 1.39 bits per heavy atom. The highest BCUT2D eigenvalue weighted by Crippen LogP contribution is 2.17.